The Bertz CT molecular complexity index is 289. The highest BCUT2D eigenvalue weighted by atomic mass is 32.2. The lowest BCUT2D eigenvalue weighted by Gasteiger charge is -2.20. The van der Waals surface area contributed by atoms with Gasteiger partial charge in [0.1, 0.15) is 5.60 Å². The Hall–Kier alpha value is -0.660. The van der Waals surface area contributed by atoms with Gasteiger partial charge in [0, 0.05) is 0 Å². The molecule has 0 aromatic rings. The molecule has 78 valence electrons. The van der Waals surface area contributed by atoms with Gasteiger partial charge >= 0.3 is 5.97 Å². The average Bonchev–Trinajstić information content (AvgIpc) is 1.79. The van der Waals surface area contributed by atoms with Crippen LogP contribution in [0.2, 0.25) is 0 Å². The molecule has 0 bridgehead atoms. The highest BCUT2D eigenvalue weighted by Crippen LogP contribution is 2.09. The van der Waals surface area contributed by atoms with Crippen molar-refractivity contribution in [3.8, 4) is 0 Å². The molecule has 6 nitrogen and oxygen atoms in total. The predicted molar refractivity (Wildman–Crippen MR) is 45.4 cm³/mol. The van der Waals surface area contributed by atoms with Crippen molar-refractivity contribution in [3.05, 3.63) is 0 Å². The maximum atomic E-state index is 10.9. The predicted octanol–water partition coefficient (Wildman–Crippen LogP) is -0.499. The van der Waals surface area contributed by atoms with E-state index in [2.05, 4.69) is 4.74 Å². The molecule has 0 heterocycles. The van der Waals surface area contributed by atoms with Gasteiger partial charge in [0.05, 0.1) is 0 Å². The summed E-state index contributed by atoms with van der Waals surface area (Å²) in [6, 6.07) is 0. The van der Waals surface area contributed by atoms with Gasteiger partial charge in [-0.3, -0.25) is 4.55 Å². The summed E-state index contributed by atoms with van der Waals surface area (Å²) in [5.41, 5.74) is 4.06. The van der Waals surface area contributed by atoms with Crippen molar-refractivity contribution in [2.75, 3.05) is 0 Å². The van der Waals surface area contributed by atoms with E-state index in [0.29, 0.717) is 0 Å². The minimum atomic E-state index is -4.57. The number of nitrogens with two attached hydrogens (primary N) is 1. The standard InChI is InChI=1S/C6H13NO5S/c1-6(2,3)12-5(8)4(7)13(9,10)11/h4H,7H2,1-3H3,(H,9,10,11)/t4-/m1/s1. The molecule has 1 atom stereocenters. The van der Waals surface area contributed by atoms with Crippen LogP contribution >= 0.6 is 0 Å². The first-order valence-corrected chi connectivity index (χ1v) is 4.99. The normalized spacial score (nSPS) is 15.2. The monoisotopic (exact) mass is 211 g/mol. The molecule has 0 unspecified atom stereocenters. The molecule has 7 heteroatoms. The van der Waals surface area contributed by atoms with Crippen LogP contribution in [0.15, 0.2) is 0 Å². The topological polar surface area (TPSA) is 107 Å². The number of carbonyl (C=O) groups is 1. The first-order valence-electron chi connectivity index (χ1n) is 3.49. The maximum absolute atomic E-state index is 10.9. The van der Waals surface area contributed by atoms with Crippen molar-refractivity contribution in [2.45, 2.75) is 31.7 Å². The molecule has 0 aromatic heterocycles. The van der Waals surface area contributed by atoms with Crippen LogP contribution in [0.4, 0.5) is 0 Å². The molecule has 0 aliphatic carbocycles. The third kappa shape index (κ3) is 4.81. The number of ether oxygens (including phenoxy) is 1. The molecule has 13 heavy (non-hydrogen) atoms. The van der Waals surface area contributed by atoms with Gasteiger partial charge in [-0.15, -0.1) is 0 Å². The third-order valence-corrected chi connectivity index (χ3v) is 1.79. The molecular formula is C6H13NO5S. The number of esters is 1. The van der Waals surface area contributed by atoms with Crippen molar-refractivity contribution in [2.24, 2.45) is 5.73 Å². The molecule has 0 amide bonds. The Labute approximate surface area is 76.8 Å². The highest BCUT2D eigenvalue weighted by Gasteiger charge is 2.31. The summed E-state index contributed by atoms with van der Waals surface area (Å²) in [5.74, 6) is -1.17. The van der Waals surface area contributed by atoms with Gasteiger partial charge in [-0.05, 0) is 20.8 Å². The first kappa shape index (κ1) is 12.3. The van der Waals surface area contributed by atoms with Gasteiger partial charge in [-0.25, -0.2) is 4.79 Å². The number of rotatable bonds is 2. The minimum Gasteiger partial charge on any atom is -0.458 e. The van der Waals surface area contributed by atoms with Crippen LogP contribution in [0.5, 0.6) is 0 Å². The Morgan fingerprint density at radius 3 is 2.08 bits per heavy atom. The van der Waals surface area contributed by atoms with Crippen LogP contribution in [0.1, 0.15) is 20.8 Å². The molecule has 0 radical (unpaired) electrons. The molecular weight excluding hydrogens is 198 g/mol. The first-order chi connectivity index (χ1) is 5.54. The van der Waals surface area contributed by atoms with Gasteiger partial charge < -0.3 is 10.5 Å². The summed E-state index contributed by atoms with van der Waals surface area (Å²) in [6.07, 6.45) is 0. The quantitative estimate of drug-likeness (QED) is 0.471. The fraction of sp³-hybridized carbons (Fsp3) is 0.833. The van der Waals surface area contributed by atoms with E-state index in [-0.39, 0.29) is 0 Å². The van der Waals surface area contributed by atoms with Crippen LogP contribution in [-0.4, -0.2) is 29.9 Å². The second kappa shape index (κ2) is 3.60. The van der Waals surface area contributed by atoms with E-state index >= 15 is 0 Å². The van der Waals surface area contributed by atoms with Gasteiger partial charge in [0.2, 0.25) is 5.37 Å². The van der Waals surface area contributed by atoms with Gasteiger partial charge in [-0.1, -0.05) is 0 Å². The van der Waals surface area contributed by atoms with Crippen molar-refractivity contribution >= 4 is 16.1 Å². The average molecular weight is 211 g/mol. The highest BCUT2D eigenvalue weighted by molar-refractivity contribution is 7.87. The molecule has 0 saturated heterocycles. The Morgan fingerprint density at radius 2 is 1.85 bits per heavy atom. The summed E-state index contributed by atoms with van der Waals surface area (Å²) in [4.78, 5) is 10.9. The van der Waals surface area contributed by atoms with Crippen molar-refractivity contribution in [3.63, 3.8) is 0 Å². The van der Waals surface area contributed by atoms with E-state index < -0.39 is 27.1 Å². The zero-order valence-corrected chi connectivity index (χ0v) is 8.46. The largest absolute Gasteiger partial charge is 0.458 e. The van der Waals surface area contributed by atoms with E-state index in [1.807, 2.05) is 0 Å². The lowest BCUT2D eigenvalue weighted by molar-refractivity contribution is -0.154. The molecule has 0 aliphatic heterocycles. The van der Waals surface area contributed by atoms with E-state index in [4.69, 9.17) is 10.3 Å². The maximum Gasteiger partial charge on any atom is 0.341 e. The Balaban J connectivity index is 4.48. The van der Waals surface area contributed by atoms with E-state index in [9.17, 15) is 13.2 Å². The van der Waals surface area contributed by atoms with Gasteiger partial charge in [0.25, 0.3) is 10.1 Å². The molecule has 0 spiro atoms. The molecule has 0 aliphatic rings. The Kier molecular flexibility index (Phi) is 3.42. The van der Waals surface area contributed by atoms with Gasteiger partial charge in [0.15, 0.2) is 0 Å². The summed E-state index contributed by atoms with van der Waals surface area (Å²) < 4.78 is 33.8. The second-order valence-electron chi connectivity index (χ2n) is 3.47. The van der Waals surface area contributed by atoms with Crippen molar-refractivity contribution in [1.29, 1.82) is 0 Å². The number of carbonyl (C=O) groups excluding carboxylic acids is 1. The lowest BCUT2D eigenvalue weighted by Crippen LogP contribution is -2.42. The van der Waals surface area contributed by atoms with E-state index in [1.54, 1.807) is 20.8 Å². The number of hydrogen-bond acceptors (Lipinski definition) is 5. The van der Waals surface area contributed by atoms with Crippen LogP contribution < -0.4 is 5.73 Å². The summed E-state index contributed by atoms with van der Waals surface area (Å²) in [5, 5.41) is -2.04. The zero-order chi connectivity index (χ0) is 10.9. The summed E-state index contributed by atoms with van der Waals surface area (Å²) >= 11 is 0. The molecule has 0 rings (SSSR count). The van der Waals surface area contributed by atoms with Crippen molar-refractivity contribution in [1.82, 2.24) is 0 Å². The third-order valence-electron chi connectivity index (χ3n) is 0.960. The molecule has 0 aromatic carbocycles. The fourth-order valence-corrected chi connectivity index (χ4v) is 0.773. The fourth-order valence-electron chi connectivity index (χ4n) is 0.481. The van der Waals surface area contributed by atoms with Crippen molar-refractivity contribution < 1.29 is 22.5 Å². The Morgan fingerprint density at radius 1 is 1.46 bits per heavy atom. The number of hydrogen-bond donors (Lipinski definition) is 2. The van der Waals surface area contributed by atoms with Crippen LogP contribution in [-0.2, 0) is 19.6 Å². The second-order valence-corrected chi connectivity index (χ2v) is 5.01. The SMILES string of the molecule is CC(C)(C)OC(=O)[C@H](N)S(=O)(=O)O. The minimum absolute atomic E-state index is 0.834. The molecule has 3 N–H and O–H groups in total. The summed E-state index contributed by atoms with van der Waals surface area (Å²) in [6.45, 7) is 4.67. The smallest absolute Gasteiger partial charge is 0.341 e. The van der Waals surface area contributed by atoms with Crippen LogP contribution in [0.25, 0.3) is 0 Å². The molecule has 0 fully saturated rings. The van der Waals surface area contributed by atoms with Crippen LogP contribution in [0, 0.1) is 0 Å². The molecule has 0 saturated carbocycles. The summed E-state index contributed by atoms with van der Waals surface area (Å²) in [7, 11) is -4.57. The van der Waals surface area contributed by atoms with E-state index in [1.165, 1.54) is 0 Å². The zero-order valence-electron chi connectivity index (χ0n) is 7.64. The van der Waals surface area contributed by atoms with Gasteiger partial charge in [-0.2, -0.15) is 8.42 Å². The lowest BCUT2D eigenvalue weighted by atomic mass is 10.2. The van der Waals surface area contributed by atoms with Crippen LogP contribution in [0.3, 0.4) is 0 Å². The van der Waals surface area contributed by atoms with E-state index in [0.717, 1.165) is 0 Å².